The highest BCUT2D eigenvalue weighted by molar-refractivity contribution is 9.10. The lowest BCUT2D eigenvalue weighted by Gasteiger charge is -2.06. The van der Waals surface area contributed by atoms with Crippen LogP contribution in [0.5, 0.6) is 0 Å². The van der Waals surface area contributed by atoms with E-state index in [1.165, 1.54) is 12.1 Å². The number of rotatable bonds is 4. The molecule has 3 aromatic rings. The predicted molar refractivity (Wildman–Crippen MR) is 86.2 cm³/mol. The molecule has 0 aliphatic carbocycles. The van der Waals surface area contributed by atoms with E-state index in [9.17, 15) is 13.2 Å². The Morgan fingerprint density at radius 3 is 2.62 bits per heavy atom. The van der Waals surface area contributed by atoms with Gasteiger partial charge in [0.15, 0.2) is 0 Å². The maximum atomic E-state index is 12.8. The molecule has 8 heteroatoms. The number of benzene rings is 2. The zero-order valence-electron chi connectivity index (χ0n) is 12.1. The highest BCUT2D eigenvalue weighted by Crippen LogP contribution is 2.31. The van der Waals surface area contributed by atoms with Gasteiger partial charge in [-0.2, -0.15) is 18.2 Å². The van der Waals surface area contributed by atoms with Crippen LogP contribution in [0.15, 0.2) is 57.5 Å². The molecule has 2 aromatic carbocycles. The molecule has 0 saturated carbocycles. The van der Waals surface area contributed by atoms with Crippen molar-refractivity contribution in [1.29, 1.82) is 0 Å². The lowest BCUT2D eigenvalue weighted by Crippen LogP contribution is -2.04. The first-order valence-electron chi connectivity index (χ1n) is 6.92. The predicted octanol–water partition coefficient (Wildman–Crippen LogP) is 5.13. The van der Waals surface area contributed by atoms with Gasteiger partial charge in [0.25, 0.3) is 0 Å². The number of nitrogens with zero attached hydrogens (tertiary/aromatic N) is 2. The van der Waals surface area contributed by atoms with E-state index in [0.717, 1.165) is 22.3 Å². The molecule has 0 atom stereocenters. The number of aromatic nitrogens is 2. The van der Waals surface area contributed by atoms with E-state index >= 15 is 0 Å². The average molecular weight is 398 g/mol. The van der Waals surface area contributed by atoms with Gasteiger partial charge in [0.05, 0.1) is 12.1 Å². The zero-order chi connectivity index (χ0) is 17.2. The van der Waals surface area contributed by atoms with Gasteiger partial charge in [0, 0.05) is 15.7 Å². The van der Waals surface area contributed by atoms with Crippen molar-refractivity contribution in [1.82, 2.24) is 10.1 Å². The quantitative estimate of drug-likeness (QED) is 0.662. The molecule has 0 aliphatic heterocycles. The Morgan fingerprint density at radius 1 is 1.08 bits per heavy atom. The summed E-state index contributed by atoms with van der Waals surface area (Å²) in [7, 11) is 0. The van der Waals surface area contributed by atoms with Gasteiger partial charge in [-0.3, -0.25) is 0 Å². The standard InChI is InChI=1S/C16H11BrF3N3O/c17-12-6-1-2-7-13(12)21-9-14-22-15(23-24-14)10-4-3-5-11(8-10)16(18,19)20/h1-8,21H,9H2. The highest BCUT2D eigenvalue weighted by Gasteiger charge is 2.30. The van der Waals surface area contributed by atoms with Crippen LogP contribution < -0.4 is 5.32 Å². The molecule has 124 valence electrons. The summed E-state index contributed by atoms with van der Waals surface area (Å²) in [4.78, 5) is 4.13. The number of nitrogens with one attached hydrogen (secondary N) is 1. The molecule has 3 rings (SSSR count). The van der Waals surface area contributed by atoms with Gasteiger partial charge in [-0.1, -0.05) is 29.4 Å². The van der Waals surface area contributed by atoms with Gasteiger partial charge < -0.3 is 9.84 Å². The van der Waals surface area contributed by atoms with Crippen molar-refractivity contribution < 1.29 is 17.7 Å². The highest BCUT2D eigenvalue weighted by atomic mass is 79.9. The fourth-order valence-electron chi connectivity index (χ4n) is 2.05. The number of hydrogen-bond donors (Lipinski definition) is 1. The van der Waals surface area contributed by atoms with Crippen LogP contribution >= 0.6 is 15.9 Å². The summed E-state index contributed by atoms with van der Waals surface area (Å²) < 4.78 is 44.2. The van der Waals surface area contributed by atoms with Crippen LogP contribution in [0, 0.1) is 0 Å². The van der Waals surface area contributed by atoms with Gasteiger partial charge in [0.2, 0.25) is 11.7 Å². The summed E-state index contributed by atoms with van der Waals surface area (Å²) in [5.41, 5.74) is 0.342. The maximum Gasteiger partial charge on any atom is 0.416 e. The maximum absolute atomic E-state index is 12.8. The average Bonchev–Trinajstić information content (AvgIpc) is 3.02. The molecule has 1 N–H and O–H groups in total. The molecule has 4 nitrogen and oxygen atoms in total. The van der Waals surface area contributed by atoms with Crippen molar-refractivity contribution in [2.24, 2.45) is 0 Å². The molecule has 0 aliphatic rings. The minimum atomic E-state index is -4.41. The summed E-state index contributed by atoms with van der Waals surface area (Å²) in [6, 6.07) is 12.3. The van der Waals surface area contributed by atoms with E-state index in [-0.39, 0.29) is 23.8 Å². The number of alkyl halides is 3. The normalized spacial score (nSPS) is 11.5. The third-order valence-electron chi connectivity index (χ3n) is 3.22. The fourth-order valence-corrected chi connectivity index (χ4v) is 2.48. The van der Waals surface area contributed by atoms with E-state index in [2.05, 4.69) is 31.4 Å². The first kappa shape index (κ1) is 16.5. The van der Waals surface area contributed by atoms with Crippen molar-refractivity contribution in [2.75, 3.05) is 5.32 Å². The van der Waals surface area contributed by atoms with Crippen LogP contribution in [0.4, 0.5) is 18.9 Å². The second kappa shape index (κ2) is 6.64. The van der Waals surface area contributed by atoms with Crippen LogP contribution in [0.3, 0.4) is 0 Å². The smallest absolute Gasteiger partial charge is 0.375 e. The minimum absolute atomic E-state index is 0.116. The van der Waals surface area contributed by atoms with Gasteiger partial charge in [-0.15, -0.1) is 0 Å². The van der Waals surface area contributed by atoms with Gasteiger partial charge in [-0.05, 0) is 40.2 Å². The molecule has 0 radical (unpaired) electrons. The molecule has 0 saturated heterocycles. The molecule has 0 bridgehead atoms. The molecular formula is C16H11BrF3N3O. The largest absolute Gasteiger partial charge is 0.416 e. The van der Waals surface area contributed by atoms with Crippen molar-refractivity contribution in [3.63, 3.8) is 0 Å². The Kier molecular flexibility index (Phi) is 4.57. The monoisotopic (exact) mass is 397 g/mol. The molecule has 1 aromatic heterocycles. The van der Waals surface area contributed by atoms with E-state index < -0.39 is 11.7 Å². The summed E-state index contributed by atoms with van der Waals surface area (Å²) in [6.45, 7) is 0.259. The first-order valence-corrected chi connectivity index (χ1v) is 7.71. The number of hydrogen-bond acceptors (Lipinski definition) is 4. The van der Waals surface area contributed by atoms with Crippen LogP contribution in [0.2, 0.25) is 0 Å². The lowest BCUT2D eigenvalue weighted by atomic mass is 10.1. The molecule has 0 spiro atoms. The van der Waals surface area contributed by atoms with E-state index in [4.69, 9.17) is 4.52 Å². The summed E-state index contributed by atoms with van der Waals surface area (Å²) in [5.74, 6) is 0.392. The van der Waals surface area contributed by atoms with E-state index in [0.29, 0.717) is 0 Å². The first-order chi connectivity index (χ1) is 11.4. The number of anilines is 1. The molecule has 24 heavy (non-hydrogen) atoms. The van der Waals surface area contributed by atoms with Crippen molar-refractivity contribution >= 4 is 21.6 Å². The van der Waals surface area contributed by atoms with Gasteiger partial charge >= 0.3 is 6.18 Å². The van der Waals surface area contributed by atoms with Crippen molar-refractivity contribution in [2.45, 2.75) is 12.7 Å². The van der Waals surface area contributed by atoms with Crippen molar-refractivity contribution in [3.8, 4) is 11.4 Å². The Morgan fingerprint density at radius 2 is 1.88 bits per heavy atom. The van der Waals surface area contributed by atoms with Gasteiger partial charge in [0.1, 0.15) is 0 Å². The third kappa shape index (κ3) is 3.76. The topological polar surface area (TPSA) is 51.0 Å². The molecule has 0 amide bonds. The van der Waals surface area contributed by atoms with Crippen molar-refractivity contribution in [3.05, 3.63) is 64.5 Å². The zero-order valence-corrected chi connectivity index (χ0v) is 13.7. The Balaban J connectivity index is 1.75. The second-order valence-electron chi connectivity index (χ2n) is 4.92. The Hall–Kier alpha value is -2.35. The SMILES string of the molecule is FC(F)(F)c1cccc(-c2noc(CNc3ccccc3Br)n2)c1. The van der Waals surface area contributed by atoms with Crippen LogP contribution in [-0.2, 0) is 12.7 Å². The Bertz CT molecular complexity index is 848. The minimum Gasteiger partial charge on any atom is -0.375 e. The molecule has 1 heterocycles. The summed E-state index contributed by atoms with van der Waals surface area (Å²) in [6.07, 6.45) is -4.41. The van der Waals surface area contributed by atoms with Crippen LogP contribution in [-0.4, -0.2) is 10.1 Å². The van der Waals surface area contributed by atoms with E-state index in [1.54, 1.807) is 0 Å². The van der Waals surface area contributed by atoms with Crippen LogP contribution in [0.1, 0.15) is 11.5 Å². The Labute approximate surface area is 143 Å². The fraction of sp³-hybridized carbons (Fsp3) is 0.125. The molecule has 0 fully saturated rings. The summed E-state index contributed by atoms with van der Waals surface area (Å²) >= 11 is 3.40. The summed E-state index contributed by atoms with van der Waals surface area (Å²) in [5, 5.41) is 6.85. The molecular weight excluding hydrogens is 387 g/mol. The number of para-hydroxylation sites is 1. The van der Waals surface area contributed by atoms with Crippen LogP contribution in [0.25, 0.3) is 11.4 Å². The van der Waals surface area contributed by atoms with E-state index in [1.807, 2.05) is 24.3 Å². The lowest BCUT2D eigenvalue weighted by molar-refractivity contribution is -0.137. The van der Waals surface area contributed by atoms with Gasteiger partial charge in [-0.25, -0.2) is 0 Å². The molecule has 0 unspecified atom stereocenters. The second-order valence-corrected chi connectivity index (χ2v) is 5.78. The number of halogens is 4. The third-order valence-corrected chi connectivity index (χ3v) is 3.91.